The monoisotopic (exact) mass is 324 g/mol. The van der Waals surface area contributed by atoms with E-state index >= 15 is 0 Å². The summed E-state index contributed by atoms with van der Waals surface area (Å²) >= 11 is 0. The van der Waals surface area contributed by atoms with Gasteiger partial charge in [0.2, 0.25) is 0 Å². The van der Waals surface area contributed by atoms with E-state index < -0.39 is 12.0 Å². The Morgan fingerprint density at radius 3 is 2.83 bits per heavy atom. The lowest BCUT2D eigenvalue weighted by Crippen LogP contribution is -2.52. The Balaban J connectivity index is 2.05. The van der Waals surface area contributed by atoms with Gasteiger partial charge in [0, 0.05) is 13.0 Å². The van der Waals surface area contributed by atoms with Crippen LogP contribution in [0.3, 0.4) is 0 Å². The van der Waals surface area contributed by atoms with E-state index in [1.54, 1.807) is 24.1 Å². The zero-order chi connectivity index (χ0) is 16.6. The van der Waals surface area contributed by atoms with Gasteiger partial charge in [0.15, 0.2) is 17.6 Å². The van der Waals surface area contributed by atoms with Crippen molar-refractivity contribution in [2.75, 3.05) is 33.0 Å². The predicted molar refractivity (Wildman–Crippen MR) is 82.0 cm³/mol. The number of nitrogens with zero attached hydrogens (tertiary/aromatic N) is 3. The van der Waals surface area contributed by atoms with Crippen LogP contribution in [-0.2, 0) is 0 Å². The van der Waals surface area contributed by atoms with Crippen LogP contribution in [0.1, 0.15) is 6.42 Å². The summed E-state index contributed by atoms with van der Waals surface area (Å²) in [6.07, 6.45) is 0.271. The number of rotatable bonds is 3. The van der Waals surface area contributed by atoms with Crippen molar-refractivity contribution < 1.29 is 18.3 Å². The standard InChI is InChI=1S/C15H18F2N4O2/c1-21-6-5-11(15(16,17)7-21)23-13-10(22-2)4-3-9-12(13)14(18)20-8-19-9/h3-4,8,11H,5-7H2,1-2H3,(H2,18,19,20). The average molecular weight is 324 g/mol. The van der Waals surface area contributed by atoms with Crippen LogP contribution in [0.5, 0.6) is 11.5 Å². The minimum atomic E-state index is -2.97. The van der Waals surface area contributed by atoms with Crippen LogP contribution in [0.4, 0.5) is 14.6 Å². The molecule has 0 saturated carbocycles. The van der Waals surface area contributed by atoms with Crippen LogP contribution in [0.15, 0.2) is 18.5 Å². The van der Waals surface area contributed by atoms with Gasteiger partial charge in [-0.1, -0.05) is 0 Å². The summed E-state index contributed by atoms with van der Waals surface area (Å²) in [5.74, 6) is -2.31. The number of ether oxygens (including phenoxy) is 2. The van der Waals surface area contributed by atoms with Gasteiger partial charge < -0.3 is 20.1 Å². The first kappa shape index (κ1) is 15.7. The van der Waals surface area contributed by atoms with Crippen molar-refractivity contribution in [3.63, 3.8) is 0 Å². The second kappa shape index (κ2) is 5.77. The number of halogens is 2. The Hall–Kier alpha value is -2.22. The molecule has 2 heterocycles. The number of hydrogen-bond donors (Lipinski definition) is 1. The quantitative estimate of drug-likeness (QED) is 0.930. The highest BCUT2D eigenvalue weighted by Crippen LogP contribution is 2.40. The fourth-order valence-corrected chi connectivity index (χ4v) is 2.78. The van der Waals surface area contributed by atoms with E-state index in [1.165, 1.54) is 13.4 Å². The fraction of sp³-hybridized carbons (Fsp3) is 0.467. The van der Waals surface area contributed by atoms with Gasteiger partial charge >= 0.3 is 0 Å². The lowest BCUT2D eigenvalue weighted by molar-refractivity contribution is -0.135. The van der Waals surface area contributed by atoms with Crippen LogP contribution in [0, 0.1) is 0 Å². The van der Waals surface area contributed by atoms with Gasteiger partial charge in [-0.3, -0.25) is 0 Å². The van der Waals surface area contributed by atoms with E-state index in [0.717, 1.165) is 0 Å². The molecule has 124 valence electrons. The van der Waals surface area contributed by atoms with Crippen LogP contribution in [0.25, 0.3) is 10.9 Å². The van der Waals surface area contributed by atoms with Gasteiger partial charge in [0.1, 0.15) is 12.1 Å². The molecule has 3 rings (SSSR count). The molecule has 1 atom stereocenters. The van der Waals surface area contributed by atoms with Crippen molar-refractivity contribution in [3.8, 4) is 11.5 Å². The van der Waals surface area contributed by atoms with Crippen molar-refractivity contribution in [1.29, 1.82) is 0 Å². The van der Waals surface area contributed by atoms with Crippen molar-refractivity contribution in [1.82, 2.24) is 14.9 Å². The molecule has 0 radical (unpaired) electrons. The molecule has 0 amide bonds. The number of likely N-dealkylation sites (tertiary alicyclic amines) is 1. The van der Waals surface area contributed by atoms with Crippen molar-refractivity contribution in [2.24, 2.45) is 0 Å². The molecular formula is C15H18F2N4O2. The molecule has 1 aliphatic heterocycles. The first-order valence-electron chi connectivity index (χ1n) is 7.22. The summed E-state index contributed by atoms with van der Waals surface area (Å²) in [6, 6.07) is 3.31. The Kier molecular flexibility index (Phi) is 3.93. The lowest BCUT2D eigenvalue weighted by atomic mass is 10.0. The van der Waals surface area contributed by atoms with E-state index in [-0.39, 0.29) is 24.5 Å². The Labute approximate surface area is 132 Å². The normalized spacial score (nSPS) is 21.3. The minimum Gasteiger partial charge on any atom is -0.493 e. The number of anilines is 1. The number of nitrogens with two attached hydrogens (primary N) is 1. The van der Waals surface area contributed by atoms with E-state index in [2.05, 4.69) is 9.97 Å². The van der Waals surface area contributed by atoms with E-state index in [1.807, 2.05) is 0 Å². The molecule has 0 bridgehead atoms. The van der Waals surface area contributed by atoms with Gasteiger partial charge in [-0.25, -0.2) is 18.7 Å². The number of methoxy groups -OCH3 is 1. The number of nitrogen functional groups attached to an aromatic ring is 1. The van der Waals surface area contributed by atoms with E-state index in [0.29, 0.717) is 23.2 Å². The van der Waals surface area contributed by atoms with Crippen molar-refractivity contribution in [2.45, 2.75) is 18.4 Å². The number of aromatic nitrogens is 2. The Morgan fingerprint density at radius 1 is 1.35 bits per heavy atom. The minimum absolute atomic E-state index is 0.164. The molecule has 1 aromatic carbocycles. The zero-order valence-electron chi connectivity index (χ0n) is 12.9. The molecule has 2 aromatic rings. The van der Waals surface area contributed by atoms with Gasteiger partial charge in [-0.05, 0) is 19.2 Å². The zero-order valence-corrected chi connectivity index (χ0v) is 12.9. The molecule has 1 saturated heterocycles. The SMILES string of the molecule is COc1ccc2ncnc(N)c2c1OC1CCN(C)CC1(F)F. The van der Waals surface area contributed by atoms with E-state index in [4.69, 9.17) is 15.2 Å². The second-order valence-corrected chi connectivity index (χ2v) is 5.64. The van der Waals surface area contributed by atoms with Crippen LogP contribution < -0.4 is 15.2 Å². The maximum Gasteiger partial charge on any atom is 0.296 e. The Morgan fingerprint density at radius 2 is 2.13 bits per heavy atom. The van der Waals surface area contributed by atoms with Crippen LogP contribution >= 0.6 is 0 Å². The molecule has 1 aliphatic rings. The maximum absolute atomic E-state index is 14.3. The van der Waals surface area contributed by atoms with Gasteiger partial charge in [-0.15, -0.1) is 0 Å². The van der Waals surface area contributed by atoms with Crippen LogP contribution in [-0.4, -0.2) is 54.1 Å². The van der Waals surface area contributed by atoms with Gasteiger partial charge in [0.05, 0.1) is 24.6 Å². The predicted octanol–water partition coefficient (Wildman–Crippen LogP) is 1.94. The summed E-state index contributed by atoms with van der Waals surface area (Å²) in [7, 11) is 3.11. The largest absolute Gasteiger partial charge is 0.493 e. The van der Waals surface area contributed by atoms with Gasteiger partial charge in [0.25, 0.3) is 5.92 Å². The number of alkyl halides is 2. The molecule has 0 spiro atoms. The number of hydrogen-bond acceptors (Lipinski definition) is 6. The summed E-state index contributed by atoms with van der Waals surface area (Å²) in [5.41, 5.74) is 6.41. The second-order valence-electron chi connectivity index (χ2n) is 5.64. The Bertz CT molecular complexity index is 726. The third-order valence-electron chi connectivity index (χ3n) is 3.95. The molecule has 2 N–H and O–H groups in total. The lowest BCUT2D eigenvalue weighted by Gasteiger charge is -2.36. The topological polar surface area (TPSA) is 73.5 Å². The highest BCUT2D eigenvalue weighted by atomic mass is 19.3. The molecule has 1 aromatic heterocycles. The van der Waals surface area contributed by atoms with Gasteiger partial charge in [-0.2, -0.15) is 0 Å². The highest BCUT2D eigenvalue weighted by Gasteiger charge is 2.46. The van der Waals surface area contributed by atoms with E-state index in [9.17, 15) is 8.78 Å². The number of fused-ring (bicyclic) bond motifs is 1. The smallest absolute Gasteiger partial charge is 0.296 e. The molecule has 8 heteroatoms. The third kappa shape index (κ3) is 2.86. The number of piperidine rings is 1. The van der Waals surface area contributed by atoms with Crippen molar-refractivity contribution in [3.05, 3.63) is 18.5 Å². The third-order valence-corrected chi connectivity index (χ3v) is 3.95. The molecule has 0 aliphatic carbocycles. The summed E-state index contributed by atoms with van der Waals surface area (Å²) in [6.45, 7) is 0.177. The molecular weight excluding hydrogens is 306 g/mol. The average Bonchev–Trinajstić information content (AvgIpc) is 2.49. The first-order chi connectivity index (χ1) is 10.9. The molecule has 6 nitrogen and oxygen atoms in total. The first-order valence-corrected chi connectivity index (χ1v) is 7.22. The molecule has 1 fully saturated rings. The highest BCUT2D eigenvalue weighted by molar-refractivity contribution is 5.95. The molecule has 1 unspecified atom stereocenters. The maximum atomic E-state index is 14.3. The fourth-order valence-electron chi connectivity index (χ4n) is 2.78. The van der Waals surface area contributed by atoms with Crippen LogP contribution in [0.2, 0.25) is 0 Å². The van der Waals surface area contributed by atoms with Crippen molar-refractivity contribution >= 4 is 16.7 Å². The summed E-state index contributed by atoms with van der Waals surface area (Å²) < 4.78 is 39.5. The number of benzene rings is 1. The molecule has 23 heavy (non-hydrogen) atoms. The summed E-state index contributed by atoms with van der Waals surface area (Å²) in [4.78, 5) is 9.60. The summed E-state index contributed by atoms with van der Waals surface area (Å²) in [5, 5.41) is 0.390.